The fraction of sp³-hybridized carbons (Fsp3) is 0.500. The molecule has 1 aliphatic rings. The van der Waals surface area contributed by atoms with Gasteiger partial charge in [-0.1, -0.05) is 30.3 Å². The molecule has 1 saturated heterocycles. The molecule has 1 aromatic carbocycles. The van der Waals surface area contributed by atoms with E-state index < -0.39 is 12.8 Å². The van der Waals surface area contributed by atoms with Crippen LogP contribution in [0.3, 0.4) is 0 Å². The van der Waals surface area contributed by atoms with Crippen LogP contribution >= 0.6 is 0 Å². The van der Waals surface area contributed by atoms with E-state index in [1.807, 2.05) is 42.2 Å². The topological polar surface area (TPSA) is 43.8 Å². The number of nitrogens with zero attached hydrogens (tertiary/aromatic N) is 2. The van der Waals surface area contributed by atoms with Crippen molar-refractivity contribution in [1.29, 1.82) is 0 Å². The first-order valence-corrected chi connectivity index (χ1v) is 6.45. The highest BCUT2D eigenvalue weighted by Gasteiger charge is 2.33. The van der Waals surface area contributed by atoms with Crippen molar-refractivity contribution in [3.05, 3.63) is 35.9 Å². The number of amides is 1. The first kappa shape index (κ1) is 13.8. The van der Waals surface area contributed by atoms with Crippen molar-refractivity contribution in [2.45, 2.75) is 25.6 Å². The molecular weight excluding hydrogens is 247 g/mol. The molecule has 0 saturated carbocycles. The summed E-state index contributed by atoms with van der Waals surface area (Å²) in [5.41, 5.74) is 1.12. The lowest BCUT2D eigenvalue weighted by molar-refractivity contribution is 0.0242. The van der Waals surface area contributed by atoms with Gasteiger partial charge in [0.2, 0.25) is 0 Å². The van der Waals surface area contributed by atoms with Crippen molar-refractivity contribution in [3.63, 3.8) is 0 Å². The van der Waals surface area contributed by atoms with Crippen LogP contribution in [-0.2, 0) is 6.54 Å². The third-order valence-corrected chi connectivity index (χ3v) is 3.61. The molecule has 5 heteroatoms. The zero-order valence-corrected chi connectivity index (χ0v) is 11.0. The number of benzene rings is 1. The van der Waals surface area contributed by atoms with Crippen LogP contribution in [0.2, 0.25) is 0 Å². The minimum atomic E-state index is -0.967. The zero-order chi connectivity index (χ0) is 13.8. The normalized spacial score (nSPS) is 24.4. The average Bonchev–Trinajstić information content (AvgIpc) is 2.39. The van der Waals surface area contributed by atoms with E-state index in [0.717, 1.165) is 5.56 Å². The van der Waals surface area contributed by atoms with Gasteiger partial charge in [0.05, 0.1) is 6.04 Å². The van der Waals surface area contributed by atoms with Crippen molar-refractivity contribution in [2.75, 3.05) is 19.8 Å². The van der Waals surface area contributed by atoms with E-state index in [4.69, 9.17) is 5.11 Å². The Balaban J connectivity index is 2.06. The molecule has 1 fully saturated rings. The van der Waals surface area contributed by atoms with Crippen LogP contribution in [0.15, 0.2) is 30.3 Å². The molecule has 1 N–H and O–H groups in total. The van der Waals surface area contributed by atoms with Gasteiger partial charge in [-0.15, -0.1) is 0 Å². The van der Waals surface area contributed by atoms with Crippen molar-refractivity contribution >= 4 is 6.09 Å². The van der Waals surface area contributed by atoms with Gasteiger partial charge in [-0.05, 0) is 12.5 Å². The highest BCUT2D eigenvalue weighted by atomic mass is 19.1. The standard InChI is InChI=1S/C14H19FN2O2/c1-11-8-16(9-12-5-3-2-4-6-12)13(7-15)10-17(11)14(18)19/h2-6,11,13H,7-10H2,1H3,(H,18,19)/t11-,13+/m1/s1. The fourth-order valence-electron chi connectivity index (χ4n) is 2.53. The second kappa shape index (κ2) is 6.02. The molecule has 2 rings (SSSR count). The van der Waals surface area contributed by atoms with Gasteiger partial charge >= 0.3 is 6.09 Å². The first-order chi connectivity index (χ1) is 9.11. The smallest absolute Gasteiger partial charge is 0.407 e. The van der Waals surface area contributed by atoms with Gasteiger partial charge in [-0.25, -0.2) is 9.18 Å². The minimum Gasteiger partial charge on any atom is -0.465 e. The lowest BCUT2D eigenvalue weighted by atomic mass is 10.1. The van der Waals surface area contributed by atoms with Gasteiger partial charge in [-0.2, -0.15) is 0 Å². The largest absolute Gasteiger partial charge is 0.465 e. The minimum absolute atomic E-state index is 0.107. The molecule has 104 valence electrons. The van der Waals surface area contributed by atoms with Gasteiger partial charge in [0.25, 0.3) is 0 Å². The molecule has 0 spiro atoms. The molecule has 0 radical (unpaired) electrons. The number of piperazine rings is 1. The number of rotatable bonds is 3. The van der Waals surface area contributed by atoms with E-state index >= 15 is 0 Å². The summed E-state index contributed by atoms with van der Waals surface area (Å²) in [4.78, 5) is 14.4. The number of hydrogen-bond acceptors (Lipinski definition) is 2. The molecule has 0 aliphatic carbocycles. The van der Waals surface area contributed by atoms with Crippen molar-refractivity contribution in [2.24, 2.45) is 0 Å². The Labute approximate surface area is 112 Å². The van der Waals surface area contributed by atoms with Gasteiger partial charge in [0.1, 0.15) is 6.67 Å². The number of halogens is 1. The summed E-state index contributed by atoms with van der Waals surface area (Å²) in [5.74, 6) is 0. The van der Waals surface area contributed by atoms with Crippen LogP contribution in [0, 0.1) is 0 Å². The van der Waals surface area contributed by atoms with Crippen LogP contribution in [0.1, 0.15) is 12.5 Å². The average molecular weight is 266 g/mol. The maximum atomic E-state index is 13.1. The SMILES string of the molecule is C[C@@H]1CN(Cc2ccccc2)[C@@H](CF)CN1C(=O)O. The molecule has 1 amide bonds. The second-order valence-electron chi connectivity index (χ2n) is 5.01. The van der Waals surface area contributed by atoms with Crippen LogP contribution in [0.25, 0.3) is 0 Å². The number of hydrogen-bond donors (Lipinski definition) is 1. The summed E-state index contributed by atoms with van der Waals surface area (Å²) < 4.78 is 13.1. The van der Waals surface area contributed by atoms with Crippen LogP contribution in [0.4, 0.5) is 9.18 Å². The molecular formula is C14H19FN2O2. The van der Waals surface area contributed by atoms with Gasteiger partial charge in [0, 0.05) is 25.7 Å². The van der Waals surface area contributed by atoms with Crippen molar-refractivity contribution in [1.82, 2.24) is 9.80 Å². The molecule has 4 nitrogen and oxygen atoms in total. The molecule has 1 aromatic rings. The Kier molecular flexibility index (Phi) is 4.37. The summed E-state index contributed by atoms with van der Waals surface area (Å²) >= 11 is 0. The molecule has 0 aromatic heterocycles. The Morgan fingerprint density at radius 2 is 2.05 bits per heavy atom. The van der Waals surface area contributed by atoms with Gasteiger partial charge in [-0.3, -0.25) is 4.90 Å². The number of alkyl halides is 1. The lowest BCUT2D eigenvalue weighted by Crippen LogP contribution is -2.59. The maximum absolute atomic E-state index is 13.1. The van der Waals surface area contributed by atoms with Gasteiger partial charge < -0.3 is 10.0 Å². The molecule has 1 heterocycles. The van der Waals surface area contributed by atoms with Crippen LogP contribution in [-0.4, -0.2) is 52.8 Å². The molecule has 19 heavy (non-hydrogen) atoms. The lowest BCUT2D eigenvalue weighted by Gasteiger charge is -2.43. The highest BCUT2D eigenvalue weighted by molar-refractivity contribution is 5.65. The van der Waals surface area contributed by atoms with E-state index in [2.05, 4.69) is 0 Å². The predicted octanol–water partition coefficient (Wildman–Crippen LogP) is 2.21. The quantitative estimate of drug-likeness (QED) is 0.912. The third-order valence-electron chi connectivity index (χ3n) is 3.61. The summed E-state index contributed by atoms with van der Waals surface area (Å²) in [6.45, 7) is 2.80. The van der Waals surface area contributed by atoms with E-state index in [9.17, 15) is 9.18 Å². The number of carbonyl (C=O) groups is 1. The first-order valence-electron chi connectivity index (χ1n) is 6.45. The Morgan fingerprint density at radius 3 is 2.63 bits per heavy atom. The van der Waals surface area contributed by atoms with Crippen LogP contribution in [0.5, 0.6) is 0 Å². The number of carboxylic acid groups (broad SMARTS) is 1. The highest BCUT2D eigenvalue weighted by Crippen LogP contribution is 2.18. The molecule has 2 atom stereocenters. The summed E-state index contributed by atoms with van der Waals surface area (Å²) in [7, 11) is 0. The van der Waals surface area contributed by atoms with E-state index in [1.54, 1.807) is 0 Å². The molecule has 1 aliphatic heterocycles. The fourth-order valence-corrected chi connectivity index (χ4v) is 2.53. The molecule has 0 unspecified atom stereocenters. The zero-order valence-electron chi connectivity index (χ0n) is 11.0. The third kappa shape index (κ3) is 3.23. The summed E-state index contributed by atoms with van der Waals surface area (Å²) in [6.07, 6.45) is -0.967. The van der Waals surface area contributed by atoms with Crippen molar-refractivity contribution < 1.29 is 14.3 Å². The second-order valence-corrected chi connectivity index (χ2v) is 5.01. The summed E-state index contributed by atoms with van der Waals surface area (Å²) in [5, 5.41) is 9.08. The Bertz CT molecular complexity index is 427. The maximum Gasteiger partial charge on any atom is 0.407 e. The predicted molar refractivity (Wildman–Crippen MR) is 70.8 cm³/mol. The van der Waals surface area contributed by atoms with Crippen molar-refractivity contribution in [3.8, 4) is 0 Å². The van der Waals surface area contributed by atoms with E-state index in [1.165, 1.54) is 4.90 Å². The Hall–Kier alpha value is -1.62. The Morgan fingerprint density at radius 1 is 1.37 bits per heavy atom. The van der Waals surface area contributed by atoms with Gasteiger partial charge in [0.15, 0.2) is 0 Å². The van der Waals surface area contributed by atoms with Crippen LogP contribution < -0.4 is 0 Å². The molecule has 0 bridgehead atoms. The van der Waals surface area contributed by atoms with E-state index in [0.29, 0.717) is 13.1 Å². The van der Waals surface area contributed by atoms with E-state index in [-0.39, 0.29) is 18.6 Å². The summed E-state index contributed by atoms with van der Waals surface area (Å²) in [6, 6.07) is 9.40. The monoisotopic (exact) mass is 266 g/mol.